The molecule has 0 aliphatic carbocycles. The van der Waals surface area contributed by atoms with Crippen LogP contribution in [0.3, 0.4) is 0 Å². The van der Waals surface area contributed by atoms with Crippen molar-refractivity contribution in [3.8, 4) is 0 Å². The van der Waals surface area contributed by atoms with Crippen LogP contribution in [0.1, 0.15) is 73.8 Å². The van der Waals surface area contributed by atoms with Crippen LogP contribution in [-0.2, 0) is 11.2 Å². The fourth-order valence-corrected chi connectivity index (χ4v) is 3.07. The molecular formula is C22H31N3O2. The molecule has 5 nitrogen and oxygen atoms in total. The molecule has 1 N–H and O–H groups in total. The van der Waals surface area contributed by atoms with E-state index in [2.05, 4.69) is 17.3 Å². The zero-order valence-electron chi connectivity index (χ0n) is 17.1. The van der Waals surface area contributed by atoms with Gasteiger partial charge in [0, 0.05) is 22.9 Å². The van der Waals surface area contributed by atoms with E-state index in [1.54, 1.807) is 24.3 Å². The first kappa shape index (κ1) is 20.9. The zero-order valence-corrected chi connectivity index (χ0v) is 17.1. The van der Waals surface area contributed by atoms with Crippen LogP contribution in [0.25, 0.3) is 0 Å². The Morgan fingerprint density at radius 2 is 1.74 bits per heavy atom. The number of benzene rings is 1. The second-order valence-corrected chi connectivity index (χ2v) is 7.40. The summed E-state index contributed by atoms with van der Waals surface area (Å²) in [5.74, 6) is -0.269. The summed E-state index contributed by atoms with van der Waals surface area (Å²) in [4.78, 5) is 24.6. The molecule has 0 unspecified atom stereocenters. The highest BCUT2D eigenvalue weighted by atomic mass is 16.2. The van der Waals surface area contributed by atoms with Gasteiger partial charge >= 0.3 is 0 Å². The van der Waals surface area contributed by atoms with Crippen molar-refractivity contribution in [1.82, 2.24) is 9.78 Å². The fourth-order valence-electron chi connectivity index (χ4n) is 3.07. The van der Waals surface area contributed by atoms with Crippen LogP contribution in [0.5, 0.6) is 0 Å². The van der Waals surface area contributed by atoms with Gasteiger partial charge < -0.3 is 5.32 Å². The van der Waals surface area contributed by atoms with Gasteiger partial charge in [-0.1, -0.05) is 40.0 Å². The van der Waals surface area contributed by atoms with E-state index < -0.39 is 0 Å². The lowest BCUT2D eigenvalue weighted by atomic mass is 10.0. The number of aromatic nitrogens is 2. The molecule has 1 aromatic carbocycles. The van der Waals surface area contributed by atoms with Gasteiger partial charge in [0.25, 0.3) is 5.91 Å². The number of anilines is 1. The Balaban J connectivity index is 2.12. The number of carbonyl (C=O) groups is 2. The summed E-state index contributed by atoms with van der Waals surface area (Å²) in [5, 5.41) is 7.31. The van der Waals surface area contributed by atoms with Crippen molar-refractivity contribution >= 4 is 17.5 Å². The second-order valence-electron chi connectivity index (χ2n) is 7.40. The van der Waals surface area contributed by atoms with E-state index in [0.29, 0.717) is 11.3 Å². The lowest BCUT2D eigenvalue weighted by molar-refractivity contribution is -0.118. The Labute approximate surface area is 162 Å². The normalized spacial score (nSPS) is 11.0. The average molecular weight is 370 g/mol. The van der Waals surface area contributed by atoms with E-state index in [0.717, 1.165) is 24.2 Å². The number of aryl methyl sites for hydroxylation is 1. The highest BCUT2D eigenvalue weighted by Gasteiger charge is 2.18. The van der Waals surface area contributed by atoms with Crippen molar-refractivity contribution < 1.29 is 9.59 Å². The van der Waals surface area contributed by atoms with Crippen molar-refractivity contribution in [3.05, 3.63) is 46.8 Å². The smallest absolute Gasteiger partial charge is 0.278 e. The van der Waals surface area contributed by atoms with E-state index in [1.165, 1.54) is 29.5 Å². The van der Waals surface area contributed by atoms with E-state index >= 15 is 0 Å². The summed E-state index contributed by atoms with van der Waals surface area (Å²) in [5.41, 5.74) is 4.28. The first-order chi connectivity index (χ1) is 12.8. The molecule has 5 heteroatoms. The lowest BCUT2D eigenvalue weighted by Gasteiger charge is -2.09. The molecule has 27 heavy (non-hydrogen) atoms. The molecule has 0 bridgehead atoms. The number of carbonyl (C=O) groups excluding carboxylic acids is 2. The molecular weight excluding hydrogens is 338 g/mol. The van der Waals surface area contributed by atoms with Crippen molar-refractivity contribution in [2.24, 2.45) is 5.92 Å². The number of nitrogens with one attached hydrogen (secondary N) is 1. The van der Waals surface area contributed by atoms with Crippen LogP contribution in [0.2, 0.25) is 0 Å². The fraction of sp³-hybridized carbons (Fsp3) is 0.500. The summed E-state index contributed by atoms with van der Waals surface area (Å²) in [7, 11) is 0. The average Bonchev–Trinajstić information content (AvgIpc) is 2.93. The van der Waals surface area contributed by atoms with Gasteiger partial charge in [-0.3, -0.25) is 9.59 Å². The molecule has 1 aromatic heterocycles. The molecule has 0 aliphatic heterocycles. The van der Waals surface area contributed by atoms with E-state index in [-0.39, 0.29) is 17.7 Å². The molecule has 0 atom stereocenters. The van der Waals surface area contributed by atoms with Gasteiger partial charge in [0.2, 0.25) is 5.91 Å². The minimum absolute atomic E-state index is 0.0414. The van der Waals surface area contributed by atoms with Crippen molar-refractivity contribution in [2.45, 2.75) is 66.7 Å². The molecule has 2 aromatic rings. The van der Waals surface area contributed by atoms with Gasteiger partial charge in [0.05, 0.1) is 5.69 Å². The Kier molecular flexibility index (Phi) is 7.34. The molecule has 0 saturated carbocycles. The molecule has 146 valence electrons. The Hall–Kier alpha value is -2.43. The quantitative estimate of drug-likeness (QED) is 0.673. The molecule has 1 amide bonds. The van der Waals surface area contributed by atoms with Gasteiger partial charge in [0.1, 0.15) is 0 Å². The Morgan fingerprint density at radius 1 is 1.07 bits per heavy atom. The first-order valence-corrected chi connectivity index (χ1v) is 9.85. The van der Waals surface area contributed by atoms with Crippen LogP contribution < -0.4 is 5.32 Å². The van der Waals surface area contributed by atoms with Gasteiger partial charge in [-0.25, -0.2) is 4.68 Å². The number of rotatable bonds is 8. The van der Waals surface area contributed by atoms with Crippen molar-refractivity contribution in [1.29, 1.82) is 0 Å². The summed E-state index contributed by atoms with van der Waals surface area (Å²) < 4.78 is 1.51. The molecule has 2 rings (SSSR count). The largest absolute Gasteiger partial charge is 0.326 e. The summed E-state index contributed by atoms with van der Waals surface area (Å²) >= 11 is 0. The van der Waals surface area contributed by atoms with Crippen LogP contribution >= 0.6 is 0 Å². The number of hydrogen-bond donors (Lipinski definition) is 1. The predicted octanol–water partition coefficient (Wildman–Crippen LogP) is 4.91. The van der Waals surface area contributed by atoms with Crippen LogP contribution in [0, 0.1) is 19.8 Å². The summed E-state index contributed by atoms with van der Waals surface area (Å²) in [6.45, 7) is 9.82. The van der Waals surface area contributed by atoms with Crippen LogP contribution in [0.4, 0.5) is 5.69 Å². The maximum absolute atomic E-state index is 12.9. The molecule has 1 heterocycles. The number of hydrogen-bond acceptors (Lipinski definition) is 3. The second kappa shape index (κ2) is 9.49. The SMILES string of the molecule is CCCCCCc1c(C)nn(C(=O)c2ccc(NC(=O)C(C)C)cc2)c1C. The number of unbranched alkanes of at least 4 members (excludes halogenated alkanes) is 3. The van der Waals surface area contributed by atoms with E-state index in [4.69, 9.17) is 0 Å². The van der Waals surface area contributed by atoms with Gasteiger partial charge in [-0.15, -0.1) is 0 Å². The minimum Gasteiger partial charge on any atom is -0.326 e. The van der Waals surface area contributed by atoms with E-state index in [9.17, 15) is 9.59 Å². The standard InChI is InChI=1S/C22H31N3O2/c1-6-7-8-9-10-20-16(4)24-25(17(20)5)22(27)18-11-13-19(14-12-18)23-21(26)15(2)3/h11-15H,6-10H2,1-5H3,(H,23,26). The van der Waals surface area contributed by atoms with Crippen molar-refractivity contribution in [3.63, 3.8) is 0 Å². The minimum atomic E-state index is -0.142. The van der Waals surface area contributed by atoms with Gasteiger partial charge in [-0.2, -0.15) is 5.10 Å². The maximum atomic E-state index is 12.9. The topological polar surface area (TPSA) is 64.0 Å². The maximum Gasteiger partial charge on any atom is 0.278 e. The molecule has 0 radical (unpaired) electrons. The zero-order chi connectivity index (χ0) is 20.0. The van der Waals surface area contributed by atoms with Gasteiger partial charge in [-0.05, 0) is 56.5 Å². The van der Waals surface area contributed by atoms with Crippen LogP contribution in [-0.4, -0.2) is 21.6 Å². The highest BCUT2D eigenvalue weighted by molar-refractivity contribution is 5.97. The third-order valence-corrected chi connectivity index (χ3v) is 4.84. The highest BCUT2D eigenvalue weighted by Crippen LogP contribution is 2.19. The number of nitrogens with zero attached hydrogens (tertiary/aromatic N) is 2. The van der Waals surface area contributed by atoms with E-state index in [1.807, 2.05) is 27.7 Å². The Morgan fingerprint density at radius 3 is 2.33 bits per heavy atom. The molecule has 0 aliphatic rings. The molecule has 0 saturated heterocycles. The Bertz CT molecular complexity index is 789. The monoisotopic (exact) mass is 369 g/mol. The van der Waals surface area contributed by atoms with Gasteiger partial charge in [0.15, 0.2) is 0 Å². The molecule has 0 fully saturated rings. The summed E-state index contributed by atoms with van der Waals surface area (Å²) in [6.07, 6.45) is 5.75. The molecule has 0 spiro atoms. The van der Waals surface area contributed by atoms with Crippen molar-refractivity contribution in [2.75, 3.05) is 5.32 Å². The third-order valence-electron chi connectivity index (χ3n) is 4.84. The predicted molar refractivity (Wildman–Crippen MR) is 109 cm³/mol. The first-order valence-electron chi connectivity index (χ1n) is 9.85. The third kappa shape index (κ3) is 5.28. The van der Waals surface area contributed by atoms with Crippen LogP contribution in [0.15, 0.2) is 24.3 Å². The number of amides is 1. The lowest BCUT2D eigenvalue weighted by Crippen LogP contribution is -2.18. The summed E-state index contributed by atoms with van der Waals surface area (Å²) in [6, 6.07) is 6.97.